The maximum absolute atomic E-state index is 12.5. The van der Waals surface area contributed by atoms with Crippen molar-refractivity contribution in [2.75, 3.05) is 0 Å². The molecular formula is C19H17Br2NO2. The Bertz CT molecular complexity index is 923. The van der Waals surface area contributed by atoms with Crippen molar-refractivity contribution < 1.29 is 9.53 Å². The minimum absolute atomic E-state index is 0.390. The van der Waals surface area contributed by atoms with Crippen LogP contribution in [0, 0.1) is 0 Å². The number of halogens is 2. The van der Waals surface area contributed by atoms with E-state index in [1.807, 2.05) is 39.0 Å². The van der Waals surface area contributed by atoms with Crippen molar-refractivity contribution >= 4 is 48.7 Å². The maximum Gasteiger partial charge on any atom is 0.419 e. The lowest BCUT2D eigenvalue weighted by Gasteiger charge is -2.20. The van der Waals surface area contributed by atoms with Gasteiger partial charge >= 0.3 is 6.09 Å². The third-order valence-corrected chi connectivity index (χ3v) is 4.40. The molecule has 0 aliphatic carbocycles. The molecule has 0 bridgehead atoms. The fourth-order valence-corrected chi connectivity index (χ4v) is 3.29. The van der Waals surface area contributed by atoms with Crippen molar-refractivity contribution in [3.8, 4) is 11.3 Å². The SMILES string of the molecule is CC(C)(C)OC(=O)n1cc(Br)cc1-c1ccc2cc(Br)ccc2c1. The predicted octanol–water partition coefficient (Wildman–Crippen LogP) is 6.62. The summed E-state index contributed by atoms with van der Waals surface area (Å²) in [6, 6.07) is 14.2. The van der Waals surface area contributed by atoms with Gasteiger partial charge in [0.15, 0.2) is 0 Å². The van der Waals surface area contributed by atoms with E-state index in [0.29, 0.717) is 0 Å². The number of aromatic nitrogens is 1. The van der Waals surface area contributed by atoms with E-state index in [-0.39, 0.29) is 6.09 Å². The number of carbonyl (C=O) groups is 1. The largest absolute Gasteiger partial charge is 0.443 e. The molecule has 0 aliphatic rings. The predicted molar refractivity (Wildman–Crippen MR) is 104 cm³/mol. The summed E-state index contributed by atoms with van der Waals surface area (Å²) in [4.78, 5) is 12.5. The summed E-state index contributed by atoms with van der Waals surface area (Å²) in [5, 5.41) is 2.26. The van der Waals surface area contributed by atoms with E-state index in [4.69, 9.17) is 4.74 Å². The molecule has 1 aromatic heterocycles. The normalized spacial score (nSPS) is 11.7. The molecule has 124 valence electrons. The van der Waals surface area contributed by atoms with E-state index in [0.717, 1.165) is 31.0 Å². The summed E-state index contributed by atoms with van der Waals surface area (Å²) in [7, 11) is 0. The number of hydrogen-bond acceptors (Lipinski definition) is 2. The molecule has 24 heavy (non-hydrogen) atoms. The van der Waals surface area contributed by atoms with Crippen LogP contribution >= 0.6 is 31.9 Å². The van der Waals surface area contributed by atoms with Gasteiger partial charge in [0.05, 0.1) is 5.69 Å². The highest BCUT2D eigenvalue weighted by Crippen LogP contribution is 2.30. The van der Waals surface area contributed by atoms with Crippen LogP contribution < -0.4 is 0 Å². The first-order valence-electron chi connectivity index (χ1n) is 7.54. The Labute approximate surface area is 157 Å². The minimum atomic E-state index is -0.541. The monoisotopic (exact) mass is 449 g/mol. The smallest absolute Gasteiger partial charge is 0.419 e. The summed E-state index contributed by atoms with van der Waals surface area (Å²) in [6.07, 6.45) is 1.34. The van der Waals surface area contributed by atoms with Crippen LogP contribution in [0.4, 0.5) is 4.79 Å². The molecule has 0 saturated carbocycles. The van der Waals surface area contributed by atoms with Gasteiger partial charge in [-0.25, -0.2) is 4.79 Å². The Morgan fingerprint density at radius 2 is 1.62 bits per heavy atom. The summed E-state index contributed by atoms with van der Waals surface area (Å²) in [5.41, 5.74) is 1.21. The number of carbonyl (C=O) groups excluding carboxylic acids is 1. The van der Waals surface area contributed by atoms with E-state index in [9.17, 15) is 4.79 Å². The lowest BCUT2D eigenvalue weighted by Crippen LogP contribution is -2.27. The molecule has 0 spiro atoms. The molecule has 3 aromatic rings. The second kappa shape index (κ2) is 6.37. The van der Waals surface area contributed by atoms with Crippen LogP contribution in [0.2, 0.25) is 0 Å². The van der Waals surface area contributed by atoms with Crippen molar-refractivity contribution in [1.82, 2.24) is 4.57 Å². The van der Waals surface area contributed by atoms with Crippen LogP contribution in [0.15, 0.2) is 57.6 Å². The number of nitrogens with zero attached hydrogens (tertiary/aromatic N) is 1. The van der Waals surface area contributed by atoms with Gasteiger partial charge in [-0.05, 0) is 77.3 Å². The summed E-state index contributed by atoms with van der Waals surface area (Å²) in [5.74, 6) is 0. The fraction of sp³-hybridized carbons (Fsp3) is 0.211. The Morgan fingerprint density at radius 1 is 0.958 bits per heavy atom. The van der Waals surface area contributed by atoms with Gasteiger partial charge in [0.2, 0.25) is 0 Å². The lowest BCUT2D eigenvalue weighted by atomic mass is 10.1. The molecule has 3 rings (SSSR count). The van der Waals surface area contributed by atoms with Crippen LogP contribution in [0.5, 0.6) is 0 Å². The standard InChI is InChI=1S/C19H17Br2NO2/c1-19(2,3)24-18(23)22-11-16(21)10-17(22)14-5-4-13-9-15(20)7-6-12(13)8-14/h4-11H,1-3H3. The van der Waals surface area contributed by atoms with Crippen molar-refractivity contribution in [3.63, 3.8) is 0 Å². The molecule has 0 amide bonds. The van der Waals surface area contributed by atoms with Crippen LogP contribution in [0.3, 0.4) is 0 Å². The molecule has 3 nitrogen and oxygen atoms in total. The van der Waals surface area contributed by atoms with Gasteiger partial charge in [0, 0.05) is 15.1 Å². The quantitative estimate of drug-likeness (QED) is 0.417. The van der Waals surface area contributed by atoms with E-state index < -0.39 is 5.60 Å². The molecule has 5 heteroatoms. The maximum atomic E-state index is 12.5. The summed E-state index contributed by atoms with van der Waals surface area (Å²) >= 11 is 6.94. The Balaban J connectivity index is 2.06. The number of ether oxygens (including phenoxy) is 1. The molecule has 0 N–H and O–H groups in total. The van der Waals surface area contributed by atoms with E-state index in [1.165, 1.54) is 4.57 Å². The van der Waals surface area contributed by atoms with E-state index in [1.54, 1.807) is 6.20 Å². The highest BCUT2D eigenvalue weighted by molar-refractivity contribution is 9.10. The first-order chi connectivity index (χ1) is 11.2. The Hall–Kier alpha value is -1.59. The molecule has 0 unspecified atom stereocenters. The number of hydrogen-bond donors (Lipinski definition) is 0. The second-order valence-corrected chi connectivity index (χ2v) is 8.43. The molecule has 0 aliphatic heterocycles. The average Bonchev–Trinajstić information content (AvgIpc) is 2.87. The highest BCUT2D eigenvalue weighted by atomic mass is 79.9. The third kappa shape index (κ3) is 3.73. The summed E-state index contributed by atoms with van der Waals surface area (Å²) in [6.45, 7) is 5.57. The Morgan fingerprint density at radius 3 is 2.33 bits per heavy atom. The van der Waals surface area contributed by atoms with Crippen molar-refractivity contribution in [2.45, 2.75) is 26.4 Å². The first kappa shape index (κ1) is 17.2. The molecule has 0 atom stereocenters. The zero-order chi connectivity index (χ0) is 17.5. The number of rotatable bonds is 1. The van der Waals surface area contributed by atoms with Crippen LogP contribution in [-0.2, 0) is 4.74 Å². The molecule has 0 saturated heterocycles. The zero-order valence-corrected chi connectivity index (χ0v) is 16.8. The molecule has 0 fully saturated rings. The minimum Gasteiger partial charge on any atom is -0.443 e. The second-order valence-electron chi connectivity index (χ2n) is 6.60. The van der Waals surface area contributed by atoms with Gasteiger partial charge < -0.3 is 4.74 Å². The Kier molecular flexibility index (Phi) is 4.58. The average molecular weight is 451 g/mol. The van der Waals surface area contributed by atoms with Crippen molar-refractivity contribution in [3.05, 3.63) is 57.6 Å². The summed E-state index contributed by atoms with van der Waals surface area (Å²) < 4.78 is 8.91. The van der Waals surface area contributed by atoms with Gasteiger partial charge in [-0.15, -0.1) is 0 Å². The number of benzene rings is 2. The lowest BCUT2D eigenvalue weighted by molar-refractivity contribution is 0.0540. The highest BCUT2D eigenvalue weighted by Gasteiger charge is 2.21. The van der Waals surface area contributed by atoms with Gasteiger partial charge in [-0.1, -0.05) is 34.1 Å². The van der Waals surface area contributed by atoms with Gasteiger partial charge in [0.25, 0.3) is 0 Å². The fourth-order valence-electron chi connectivity index (χ4n) is 2.49. The van der Waals surface area contributed by atoms with Crippen molar-refractivity contribution in [2.24, 2.45) is 0 Å². The van der Waals surface area contributed by atoms with E-state index in [2.05, 4.69) is 56.1 Å². The number of fused-ring (bicyclic) bond motifs is 1. The van der Waals surface area contributed by atoms with Gasteiger partial charge in [-0.3, -0.25) is 4.57 Å². The topological polar surface area (TPSA) is 31.2 Å². The van der Waals surface area contributed by atoms with Gasteiger partial charge in [0.1, 0.15) is 5.60 Å². The molecule has 1 heterocycles. The van der Waals surface area contributed by atoms with Crippen LogP contribution in [0.25, 0.3) is 22.0 Å². The van der Waals surface area contributed by atoms with Crippen LogP contribution in [0.1, 0.15) is 20.8 Å². The molecule has 0 radical (unpaired) electrons. The van der Waals surface area contributed by atoms with Gasteiger partial charge in [-0.2, -0.15) is 0 Å². The molecule has 2 aromatic carbocycles. The van der Waals surface area contributed by atoms with Crippen molar-refractivity contribution in [1.29, 1.82) is 0 Å². The van der Waals surface area contributed by atoms with E-state index >= 15 is 0 Å². The first-order valence-corrected chi connectivity index (χ1v) is 9.12. The molecular weight excluding hydrogens is 434 g/mol. The zero-order valence-electron chi connectivity index (χ0n) is 13.6. The van der Waals surface area contributed by atoms with Crippen LogP contribution in [-0.4, -0.2) is 16.3 Å². The third-order valence-electron chi connectivity index (χ3n) is 3.47.